The zero-order valence-electron chi connectivity index (χ0n) is 8.51. The van der Waals surface area contributed by atoms with Gasteiger partial charge in [0.1, 0.15) is 0 Å². The van der Waals surface area contributed by atoms with Gasteiger partial charge in [-0.15, -0.1) is 0 Å². The van der Waals surface area contributed by atoms with E-state index in [0.717, 1.165) is 6.08 Å². The van der Waals surface area contributed by atoms with Crippen molar-refractivity contribution >= 4 is 5.97 Å². The number of phenols is 2. The highest BCUT2D eigenvalue weighted by Gasteiger charge is 1.90. The number of rotatable bonds is 2. The number of aromatic hydroxyl groups is 2. The van der Waals surface area contributed by atoms with E-state index in [9.17, 15) is 4.79 Å². The van der Waals surface area contributed by atoms with Crippen molar-refractivity contribution in [3.63, 3.8) is 0 Å². The third-order valence-corrected chi connectivity index (χ3v) is 1.33. The van der Waals surface area contributed by atoms with Crippen LogP contribution >= 0.6 is 0 Å². The van der Waals surface area contributed by atoms with Gasteiger partial charge in [0.25, 0.3) is 0 Å². The smallest absolute Gasteiger partial charge is 0.330 e. The van der Waals surface area contributed by atoms with Gasteiger partial charge in [-0.1, -0.05) is 18.7 Å². The van der Waals surface area contributed by atoms with E-state index < -0.39 is 0 Å². The Labute approximate surface area is 88.4 Å². The quantitative estimate of drug-likeness (QED) is 0.444. The number of benzene rings is 1. The van der Waals surface area contributed by atoms with Crippen LogP contribution in [0.5, 0.6) is 11.5 Å². The number of esters is 1. The maximum atomic E-state index is 10.1. The molecule has 0 aliphatic carbocycles. The lowest BCUT2D eigenvalue weighted by atomic mass is 10.3. The molecule has 82 valence electrons. The van der Waals surface area contributed by atoms with E-state index in [1.807, 2.05) is 0 Å². The lowest BCUT2D eigenvalue weighted by molar-refractivity contribution is -0.137. The molecule has 0 aromatic heterocycles. The molecule has 1 aromatic carbocycles. The molecule has 0 spiro atoms. The Morgan fingerprint density at radius 2 is 1.87 bits per heavy atom. The van der Waals surface area contributed by atoms with Crippen molar-refractivity contribution in [2.75, 3.05) is 6.61 Å². The summed E-state index contributed by atoms with van der Waals surface area (Å²) >= 11 is 0. The van der Waals surface area contributed by atoms with Crippen molar-refractivity contribution in [2.45, 2.75) is 6.92 Å². The maximum Gasteiger partial charge on any atom is 0.330 e. The number of ether oxygens (including phenoxy) is 1. The van der Waals surface area contributed by atoms with E-state index >= 15 is 0 Å². The monoisotopic (exact) mass is 210 g/mol. The Balaban J connectivity index is 0.000000265. The predicted molar refractivity (Wildman–Crippen MR) is 56.6 cm³/mol. The number of para-hydroxylation sites is 2. The molecule has 1 rings (SSSR count). The first kappa shape index (κ1) is 13.0. The van der Waals surface area contributed by atoms with Crippen LogP contribution in [0, 0.1) is 0 Å². The first-order valence-electron chi connectivity index (χ1n) is 4.38. The third kappa shape index (κ3) is 6.15. The molecule has 0 amide bonds. The van der Waals surface area contributed by atoms with Crippen LogP contribution in [-0.2, 0) is 9.53 Å². The van der Waals surface area contributed by atoms with E-state index in [0.29, 0.717) is 6.61 Å². The van der Waals surface area contributed by atoms with Crippen molar-refractivity contribution in [1.82, 2.24) is 0 Å². The molecule has 15 heavy (non-hydrogen) atoms. The second-order valence-electron chi connectivity index (χ2n) is 2.44. The SMILES string of the molecule is C=CC(=O)OCC.Oc1ccccc1O. The third-order valence-electron chi connectivity index (χ3n) is 1.33. The van der Waals surface area contributed by atoms with Crippen LogP contribution in [0.15, 0.2) is 36.9 Å². The highest BCUT2D eigenvalue weighted by atomic mass is 16.5. The molecule has 0 atom stereocenters. The zero-order valence-corrected chi connectivity index (χ0v) is 8.51. The average molecular weight is 210 g/mol. The van der Waals surface area contributed by atoms with Crippen molar-refractivity contribution in [2.24, 2.45) is 0 Å². The van der Waals surface area contributed by atoms with Crippen LogP contribution in [0.2, 0.25) is 0 Å². The van der Waals surface area contributed by atoms with Crippen molar-refractivity contribution in [3.05, 3.63) is 36.9 Å². The van der Waals surface area contributed by atoms with Crippen LogP contribution in [0.4, 0.5) is 0 Å². The van der Waals surface area contributed by atoms with E-state index in [1.54, 1.807) is 19.1 Å². The lowest BCUT2D eigenvalue weighted by Gasteiger charge is -1.91. The number of carbonyl (C=O) groups is 1. The van der Waals surface area contributed by atoms with Gasteiger partial charge >= 0.3 is 5.97 Å². The molecule has 0 fully saturated rings. The maximum absolute atomic E-state index is 10.1. The Morgan fingerprint density at radius 1 is 1.40 bits per heavy atom. The number of hydrogen-bond donors (Lipinski definition) is 2. The molecule has 4 nitrogen and oxygen atoms in total. The molecule has 1 aromatic rings. The van der Waals surface area contributed by atoms with Gasteiger partial charge in [-0.25, -0.2) is 4.79 Å². The normalized spacial score (nSPS) is 8.33. The van der Waals surface area contributed by atoms with Crippen LogP contribution < -0.4 is 0 Å². The Kier molecular flexibility index (Phi) is 6.46. The summed E-state index contributed by atoms with van der Waals surface area (Å²) < 4.78 is 4.43. The van der Waals surface area contributed by atoms with Crippen LogP contribution in [0.25, 0.3) is 0 Å². The standard InChI is InChI=1S/C6H6O2.C5H8O2/c7-5-3-1-2-4-6(5)8;1-3-5(6)7-4-2/h1-4,7-8H;3H,1,4H2,2H3. The fourth-order valence-corrected chi connectivity index (χ4v) is 0.665. The highest BCUT2D eigenvalue weighted by molar-refractivity contribution is 5.81. The average Bonchev–Trinajstić information content (AvgIpc) is 2.24. The van der Waals surface area contributed by atoms with E-state index in [2.05, 4.69) is 11.3 Å². The van der Waals surface area contributed by atoms with Gasteiger partial charge in [-0.05, 0) is 19.1 Å². The summed E-state index contributed by atoms with van der Waals surface area (Å²) in [6, 6.07) is 6.15. The summed E-state index contributed by atoms with van der Waals surface area (Å²) in [6.07, 6.45) is 1.14. The summed E-state index contributed by atoms with van der Waals surface area (Å²) in [5.74, 6) is -0.512. The second kappa shape index (κ2) is 7.44. The molecule has 0 bridgehead atoms. The van der Waals surface area contributed by atoms with E-state index in [1.165, 1.54) is 12.1 Å². The fraction of sp³-hybridized carbons (Fsp3) is 0.182. The zero-order chi connectivity index (χ0) is 11.7. The highest BCUT2D eigenvalue weighted by Crippen LogP contribution is 2.21. The van der Waals surface area contributed by atoms with Gasteiger partial charge in [0.05, 0.1) is 6.61 Å². The summed E-state index contributed by atoms with van der Waals surface area (Å²) in [4.78, 5) is 10.1. The molecule has 0 aliphatic rings. The number of hydrogen-bond acceptors (Lipinski definition) is 4. The molecule has 0 unspecified atom stereocenters. The van der Waals surface area contributed by atoms with Gasteiger partial charge in [0.15, 0.2) is 11.5 Å². The summed E-state index contributed by atoms with van der Waals surface area (Å²) in [6.45, 7) is 5.38. The van der Waals surface area contributed by atoms with Gasteiger partial charge in [-0.3, -0.25) is 0 Å². The molecule has 0 aliphatic heterocycles. The van der Waals surface area contributed by atoms with Crippen LogP contribution in [0.1, 0.15) is 6.92 Å². The molecule has 0 saturated heterocycles. The van der Waals surface area contributed by atoms with E-state index in [4.69, 9.17) is 10.2 Å². The van der Waals surface area contributed by atoms with Crippen LogP contribution in [-0.4, -0.2) is 22.8 Å². The van der Waals surface area contributed by atoms with Gasteiger partial charge < -0.3 is 14.9 Å². The first-order chi connectivity index (χ1) is 7.11. The summed E-state index contributed by atoms with van der Waals surface area (Å²) in [7, 11) is 0. The molecule has 4 heteroatoms. The molecular formula is C11H14O4. The summed E-state index contributed by atoms with van der Waals surface area (Å²) in [5, 5.41) is 17.3. The Hall–Kier alpha value is -1.97. The Morgan fingerprint density at radius 3 is 2.07 bits per heavy atom. The number of phenolic OH excluding ortho intramolecular Hbond substituents is 2. The molecular weight excluding hydrogens is 196 g/mol. The second-order valence-corrected chi connectivity index (χ2v) is 2.44. The van der Waals surface area contributed by atoms with Gasteiger partial charge in [0, 0.05) is 6.08 Å². The minimum absolute atomic E-state index is 0.0764. The molecule has 2 N–H and O–H groups in total. The molecule has 0 heterocycles. The number of carbonyl (C=O) groups excluding carboxylic acids is 1. The summed E-state index contributed by atoms with van der Waals surface area (Å²) in [5.41, 5.74) is 0. The minimum atomic E-state index is -0.359. The van der Waals surface area contributed by atoms with Gasteiger partial charge in [0.2, 0.25) is 0 Å². The van der Waals surface area contributed by atoms with Crippen molar-refractivity contribution < 1.29 is 19.7 Å². The fourth-order valence-electron chi connectivity index (χ4n) is 0.665. The van der Waals surface area contributed by atoms with Gasteiger partial charge in [-0.2, -0.15) is 0 Å². The van der Waals surface area contributed by atoms with Crippen molar-refractivity contribution in [1.29, 1.82) is 0 Å². The Bertz CT molecular complexity index is 299. The largest absolute Gasteiger partial charge is 0.504 e. The van der Waals surface area contributed by atoms with Crippen molar-refractivity contribution in [3.8, 4) is 11.5 Å². The lowest BCUT2D eigenvalue weighted by Crippen LogP contribution is -1.97. The molecule has 0 radical (unpaired) electrons. The topological polar surface area (TPSA) is 66.8 Å². The predicted octanol–water partition coefficient (Wildman–Crippen LogP) is 1.83. The minimum Gasteiger partial charge on any atom is -0.504 e. The molecule has 0 saturated carbocycles. The van der Waals surface area contributed by atoms with Crippen LogP contribution in [0.3, 0.4) is 0 Å². The van der Waals surface area contributed by atoms with E-state index in [-0.39, 0.29) is 17.5 Å². The first-order valence-corrected chi connectivity index (χ1v) is 4.38.